The summed E-state index contributed by atoms with van der Waals surface area (Å²) >= 11 is 8.20. The zero-order valence-corrected chi connectivity index (χ0v) is 8.41. The predicted molar refractivity (Wildman–Crippen MR) is 59.9 cm³/mol. The quantitative estimate of drug-likeness (QED) is 0.498. The summed E-state index contributed by atoms with van der Waals surface area (Å²) in [5.74, 6) is 7.28. The zero-order chi connectivity index (χ0) is 8.81. The van der Waals surface area contributed by atoms with Gasteiger partial charge in [0.15, 0.2) is 0 Å². The molecule has 0 fully saturated rings. The van der Waals surface area contributed by atoms with Gasteiger partial charge in [0.1, 0.15) is 0 Å². The maximum atomic E-state index is 4.19. The Bertz CT molecular complexity index is 307. The Kier molecular flexibility index (Phi) is 4.13. The lowest BCUT2D eigenvalue weighted by Crippen LogP contribution is -1.79. The highest BCUT2D eigenvalue weighted by molar-refractivity contribution is 7.80. The van der Waals surface area contributed by atoms with Crippen LogP contribution in [0.1, 0.15) is 11.1 Å². The van der Waals surface area contributed by atoms with E-state index in [4.69, 9.17) is 0 Å². The van der Waals surface area contributed by atoms with Crippen molar-refractivity contribution in [3.63, 3.8) is 0 Å². The molecule has 62 valence electrons. The molecule has 1 aromatic rings. The van der Waals surface area contributed by atoms with E-state index in [0.29, 0.717) is 5.75 Å². The summed E-state index contributed by atoms with van der Waals surface area (Å²) in [6.07, 6.45) is 0. The molecule has 0 saturated carbocycles. The third-order valence-corrected chi connectivity index (χ3v) is 1.94. The van der Waals surface area contributed by atoms with Crippen LogP contribution in [-0.2, 0) is 5.75 Å². The van der Waals surface area contributed by atoms with Gasteiger partial charge in [-0.25, -0.2) is 0 Å². The minimum Gasteiger partial charge on any atom is -0.175 e. The van der Waals surface area contributed by atoms with Gasteiger partial charge in [-0.05, 0) is 17.7 Å². The first-order valence-electron chi connectivity index (χ1n) is 3.66. The van der Waals surface area contributed by atoms with Gasteiger partial charge in [-0.2, -0.15) is 25.3 Å². The molecule has 1 aromatic carbocycles. The minimum atomic E-state index is 0.602. The lowest BCUT2D eigenvalue weighted by atomic mass is 10.1. The van der Waals surface area contributed by atoms with Gasteiger partial charge in [0.25, 0.3) is 0 Å². The van der Waals surface area contributed by atoms with Gasteiger partial charge in [-0.1, -0.05) is 24.0 Å². The molecule has 0 atom stereocenters. The maximum Gasteiger partial charge on any atom is 0.0521 e. The van der Waals surface area contributed by atoms with Gasteiger partial charge in [0, 0.05) is 11.3 Å². The van der Waals surface area contributed by atoms with Crippen molar-refractivity contribution in [2.75, 3.05) is 5.75 Å². The molecule has 0 saturated heterocycles. The number of hydrogen-bond donors (Lipinski definition) is 2. The van der Waals surface area contributed by atoms with Crippen molar-refractivity contribution >= 4 is 25.3 Å². The van der Waals surface area contributed by atoms with Crippen LogP contribution in [0.2, 0.25) is 0 Å². The molecule has 0 aromatic heterocycles. The van der Waals surface area contributed by atoms with Gasteiger partial charge in [-0.3, -0.25) is 0 Å². The van der Waals surface area contributed by atoms with Crippen molar-refractivity contribution in [3.8, 4) is 11.8 Å². The van der Waals surface area contributed by atoms with Gasteiger partial charge in [-0.15, -0.1) is 0 Å². The first kappa shape index (κ1) is 9.57. The molecule has 0 aliphatic heterocycles. The molecule has 0 aliphatic carbocycles. The Balaban J connectivity index is 2.86. The highest BCUT2D eigenvalue weighted by Gasteiger charge is 1.89. The summed E-state index contributed by atoms with van der Waals surface area (Å²) < 4.78 is 0. The molecule has 0 nitrogen and oxygen atoms in total. The Morgan fingerprint density at radius 1 is 1.25 bits per heavy atom. The summed E-state index contributed by atoms with van der Waals surface area (Å²) in [5, 5.41) is 0. The van der Waals surface area contributed by atoms with E-state index in [9.17, 15) is 0 Å². The predicted octanol–water partition coefficient (Wildman–Crippen LogP) is 2.40. The van der Waals surface area contributed by atoms with Crippen molar-refractivity contribution in [3.05, 3.63) is 35.4 Å². The van der Waals surface area contributed by atoms with E-state index in [1.807, 2.05) is 24.3 Å². The maximum absolute atomic E-state index is 4.19. The van der Waals surface area contributed by atoms with Crippen LogP contribution < -0.4 is 0 Å². The van der Waals surface area contributed by atoms with Gasteiger partial charge in [0.2, 0.25) is 0 Å². The summed E-state index contributed by atoms with van der Waals surface area (Å²) in [5.41, 5.74) is 2.24. The van der Waals surface area contributed by atoms with Crippen LogP contribution in [0.25, 0.3) is 0 Å². The van der Waals surface area contributed by atoms with Crippen LogP contribution in [0.3, 0.4) is 0 Å². The Labute approximate surface area is 84.2 Å². The van der Waals surface area contributed by atoms with E-state index < -0.39 is 0 Å². The summed E-state index contributed by atoms with van der Waals surface area (Å²) in [7, 11) is 0. The van der Waals surface area contributed by atoms with E-state index in [0.717, 1.165) is 11.3 Å². The van der Waals surface area contributed by atoms with E-state index in [2.05, 4.69) is 37.1 Å². The third kappa shape index (κ3) is 2.84. The monoisotopic (exact) mass is 194 g/mol. The Morgan fingerprint density at radius 2 is 2.08 bits per heavy atom. The van der Waals surface area contributed by atoms with Crippen LogP contribution in [-0.4, -0.2) is 5.75 Å². The van der Waals surface area contributed by atoms with Crippen molar-refractivity contribution < 1.29 is 0 Å². The molecule has 12 heavy (non-hydrogen) atoms. The van der Waals surface area contributed by atoms with E-state index in [1.54, 1.807) is 0 Å². The second kappa shape index (κ2) is 5.18. The van der Waals surface area contributed by atoms with Crippen LogP contribution in [0.15, 0.2) is 24.3 Å². The van der Waals surface area contributed by atoms with Gasteiger partial charge < -0.3 is 0 Å². The number of rotatable bonds is 1. The summed E-state index contributed by atoms with van der Waals surface area (Å²) in [4.78, 5) is 0. The second-order valence-corrected chi connectivity index (χ2v) is 2.95. The van der Waals surface area contributed by atoms with Crippen molar-refractivity contribution in [2.45, 2.75) is 5.75 Å². The molecule has 2 heteroatoms. The van der Waals surface area contributed by atoms with Gasteiger partial charge in [0.05, 0.1) is 5.75 Å². The lowest BCUT2D eigenvalue weighted by Gasteiger charge is -1.95. The van der Waals surface area contributed by atoms with Gasteiger partial charge >= 0.3 is 0 Å². The van der Waals surface area contributed by atoms with Crippen molar-refractivity contribution in [1.82, 2.24) is 0 Å². The number of benzene rings is 1. The topological polar surface area (TPSA) is 0 Å². The highest BCUT2D eigenvalue weighted by Crippen LogP contribution is 2.06. The first-order valence-corrected chi connectivity index (χ1v) is 4.93. The van der Waals surface area contributed by atoms with Crippen molar-refractivity contribution in [1.29, 1.82) is 0 Å². The molecule has 0 radical (unpaired) electrons. The van der Waals surface area contributed by atoms with Crippen molar-refractivity contribution in [2.24, 2.45) is 0 Å². The summed E-state index contributed by atoms with van der Waals surface area (Å²) in [6, 6.07) is 8.07. The minimum absolute atomic E-state index is 0.602. The zero-order valence-electron chi connectivity index (χ0n) is 6.62. The molecule has 0 heterocycles. The van der Waals surface area contributed by atoms with Crippen LogP contribution >= 0.6 is 25.3 Å². The normalized spacial score (nSPS) is 8.83. The van der Waals surface area contributed by atoms with E-state index in [1.165, 1.54) is 5.56 Å². The standard InChI is InChI=1S/C10H10S2/c11-6-2-5-9-3-1-4-10(7-9)8-12/h1,3-4,7,11-12H,6,8H2. The fourth-order valence-electron chi connectivity index (χ4n) is 0.889. The molecule has 0 aliphatic rings. The molecule has 0 unspecified atom stereocenters. The molecule has 1 rings (SSSR count). The largest absolute Gasteiger partial charge is 0.175 e. The average molecular weight is 194 g/mol. The fraction of sp³-hybridized carbons (Fsp3) is 0.200. The average Bonchev–Trinajstić information content (AvgIpc) is 2.15. The van der Waals surface area contributed by atoms with Crippen LogP contribution in [0.4, 0.5) is 0 Å². The molecule has 0 spiro atoms. The second-order valence-electron chi connectivity index (χ2n) is 2.32. The molecule has 0 N–H and O–H groups in total. The molecule has 0 amide bonds. The van der Waals surface area contributed by atoms with Crippen LogP contribution in [0.5, 0.6) is 0 Å². The highest BCUT2D eigenvalue weighted by atomic mass is 32.1. The summed E-state index contributed by atoms with van der Waals surface area (Å²) in [6.45, 7) is 0. The molecule has 0 bridgehead atoms. The number of hydrogen-bond acceptors (Lipinski definition) is 2. The fourth-order valence-corrected chi connectivity index (χ4v) is 1.16. The van der Waals surface area contributed by atoms with Crippen LogP contribution in [0, 0.1) is 11.8 Å². The Hall–Kier alpha value is -0.520. The lowest BCUT2D eigenvalue weighted by molar-refractivity contribution is 1.41. The smallest absolute Gasteiger partial charge is 0.0521 e. The van der Waals surface area contributed by atoms with E-state index in [-0.39, 0.29) is 0 Å². The first-order chi connectivity index (χ1) is 5.86. The van der Waals surface area contributed by atoms with E-state index >= 15 is 0 Å². The third-order valence-electron chi connectivity index (χ3n) is 1.42. The SMILES string of the molecule is SCC#Cc1cccc(CS)c1. The Morgan fingerprint density at radius 3 is 2.75 bits per heavy atom. The number of thiol groups is 2. The molecular formula is C10H10S2. The molecular weight excluding hydrogens is 184 g/mol.